The van der Waals surface area contributed by atoms with E-state index in [1.165, 1.54) is 19.3 Å². The van der Waals surface area contributed by atoms with E-state index < -0.39 is 0 Å². The summed E-state index contributed by atoms with van der Waals surface area (Å²) in [6, 6.07) is 5.54. The predicted molar refractivity (Wildman–Crippen MR) is 58.3 cm³/mol. The van der Waals surface area contributed by atoms with Crippen molar-refractivity contribution in [3.05, 3.63) is 28.8 Å². The summed E-state index contributed by atoms with van der Waals surface area (Å²) in [5.74, 6) is 0. The minimum absolute atomic E-state index is 0.449. The zero-order chi connectivity index (χ0) is 9.97. The van der Waals surface area contributed by atoms with Gasteiger partial charge in [0.2, 0.25) is 0 Å². The number of hydrogen-bond donors (Lipinski definition) is 1. The normalized spacial score (nSPS) is 16.6. The Kier molecular flexibility index (Phi) is 2.94. The molecule has 1 saturated carbocycles. The van der Waals surface area contributed by atoms with E-state index in [0.717, 1.165) is 11.3 Å². The van der Waals surface area contributed by atoms with Crippen molar-refractivity contribution >= 4 is 17.3 Å². The highest BCUT2D eigenvalue weighted by molar-refractivity contribution is 6.30. The van der Waals surface area contributed by atoms with Gasteiger partial charge in [-0.15, -0.1) is 0 Å². The molecule has 1 aromatic rings. The van der Waals surface area contributed by atoms with Gasteiger partial charge in [-0.05, 0) is 31.4 Å². The molecule has 2 N–H and O–H groups in total. The van der Waals surface area contributed by atoms with Gasteiger partial charge in [0, 0.05) is 16.3 Å². The number of halogens is 1. The fraction of sp³-hybridized carbons (Fsp3) is 0.455. The molecule has 0 saturated heterocycles. The molecule has 2 rings (SSSR count). The van der Waals surface area contributed by atoms with E-state index in [4.69, 9.17) is 22.1 Å². The topological polar surface area (TPSA) is 35.2 Å². The van der Waals surface area contributed by atoms with Gasteiger partial charge in [0.25, 0.3) is 0 Å². The summed E-state index contributed by atoms with van der Waals surface area (Å²) in [6.45, 7) is 0.605. The molecule has 0 spiro atoms. The van der Waals surface area contributed by atoms with Crippen LogP contribution in [-0.4, -0.2) is 6.10 Å². The number of ether oxygens (including phenoxy) is 1. The van der Waals surface area contributed by atoms with Gasteiger partial charge in [0.15, 0.2) is 0 Å². The lowest BCUT2D eigenvalue weighted by atomic mass is 9.96. The second-order valence-corrected chi connectivity index (χ2v) is 4.14. The van der Waals surface area contributed by atoms with Gasteiger partial charge in [-0.3, -0.25) is 0 Å². The Morgan fingerprint density at radius 3 is 2.79 bits per heavy atom. The lowest BCUT2D eigenvalue weighted by molar-refractivity contribution is -0.00841. The number of rotatable bonds is 3. The first-order valence-corrected chi connectivity index (χ1v) is 5.29. The van der Waals surface area contributed by atoms with Gasteiger partial charge in [-0.1, -0.05) is 17.7 Å². The maximum atomic E-state index is 5.80. The lowest BCUT2D eigenvalue weighted by Gasteiger charge is -2.25. The molecular formula is C11H14ClNO. The SMILES string of the molecule is Nc1cc(Cl)ccc1COC1CCC1. The summed E-state index contributed by atoms with van der Waals surface area (Å²) in [4.78, 5) is 0. The molecule has 1 fully saturated rings. The first kappa shape index (κ1) is 9.81. The monoisotopic (exact) mass is 211 g/mol. The van der Waals surface area contributed by atoms with Gasteiger partial charge in [-0.2, -0.15) is 0 Å². The smallest absolute Gasteiger partial charge is 0.0740 e. The average Bonchev–Trinajstić information content (AvgIpc) is 2.05. The van der Waals surface area contributed by atoms with Crippen molar-refractivity contribution in [2.75, 3.05) is 5.73 Å². The van der Waals surface area contributed by atoms with Gasteiger partial charge < -0.3 is 10.5 Å². The van der Waals surface area contributed by atoms with Crippen LogP contribution in [0.15, 0.2) is 18.2 Å². The van der Waals surface area contributed by atoms with Gasteiger partial charge in [0.1, 0.15) is 0 Å². The van der Waals surface area contributed by atoms with E-state index in [9.17, 15) is 0 Å². The van der Waals surface area contributed by atoms with Crippen molar-refractivity contribution in [3.8, 4) is 0 Å². The number of anilines is 1. The van der Waals surface area contributed by atoms with Crippen molar-refractivity contribution in [3.63, 3.8) is 0 Å². The molecule has 0 heterocycles. The van der Waals surface area contributed by atoms with E-state index in [1.54, 1.807) is 6.07 Å². The molecule has 14 heavy (non-hydrogen) atoms. The molecule has 3 heteroatoms. The zero-order valence-electron chi connectivity index (χ0n) is 8.00. The molecule has 0 aliphatic heterocycles. The largest absolute Gasteiger partial charge is 0.398 e. The fourth-order valence-electron chi connectivity index (χ4n) is 1.44. The van der Waals surface area contributed by atoms with E-state index >= 15 is 0 Å². The van der Waals surface area contributed by atoms with Crippen LogP contribution in [-0.2, 0) is 11.3 Å². The van der Waals surface area contributed by atoms with Crippen LogP contribution in [0.25, 0.3) is 0 Å². The molecule has 0 radical (unpaired) electrons. The summed E-state index contributed by atoms with van der Waals surface area (Å²) >= 11 is 5.80. The van der Waals surface area contributed by atoms with Crippen molar-refractivity contribution in [2.24, 2.45) is 0 Å². The Balaban J connectivity index is 1.94. The van der Waals surface area contributed by atoms with Crippen molar-refractivity contribution < 1.29 is 4.74 Å². The van der Waals surface area contributed by atoms with E-state index in [-0.39, 0.29) is 0 Å². The van der Waals surface area contributed by atoms with Crippen LogP contribution in [0.3, 0.4) is 0 Å². The zero-order valence-corrected chi connectivity index (χ0v) is 8.76. The van der Waals surface area contributed by atoms with Crippen LogP contribution in [0.2, 0.25) is 5.02 Å². The van der Waals surface area contributed by atoms with Gasteiger partial charge >= 0.3 is 0 Å². The average molecular weight is 212 g/mol. The quantitative estimate of drug-likeness (QED) is 0.781. The summed E-state index contributed by atoms with van der Waals surface area (Å²) in [7, 11) is 0. The van der Waals surface area contributed by atoms with Gasteiger partial charge in [-0.25, -0.2) is 0 Å². The minimum atomic E-state index is 0.449. The Hall–Kier alpha value is -0.730. The molecule has 0 atom stereocenters. The highest BCUT2D eigenvalue weighted by Crippen LogP contribution is 2.25. The maximum absolute atomic E-state index is 5.80. The number of nitrogens with two attached hydrogens (primary N) is 1. The minimum Gasteiger partial charge on any atom is -0.398 e. The van der Waals surface area contributed by atoms with E-state index in [0.29, 0.717) is 17.7 Å². The molecule has 76 valence electrons. The predicted octanol–water partition coefficient (Wildman–Crippen LogP) is 2.99. The Morgan fingerprint density at radius 2 is 2.21 bits per heavy atom. The van der Waals surface area contributed by atoms with Crippen LogP contribution >= 0.6 is 11.6 Å². The van der Waals surface area contributed by atoms with Crippen molar-refractivity contribution in [2.45, 2.75) is 32.0 Å². The van der Waals surface area contributed by atoms with Crippen LogP contribution in [0, 0.1) is 0 Å². The summed E-state index contributed by atoms with van der Waals surface area (Å²) in [5.41, 5.74) is 7.55. The maximum Gasteiger partial charge on any atom is 0.0740 e. The Labute approximate surface area is 89.0 Å². The van der Waals surface area contributed by atoms with Gasteiger partial charge in [0.05, 0.1) is 12.7 Å². The third-order valence-electron chi connectivity index (χ3n) is 2.63. The number of nitrogen functional groups attached to an aromatic ring is 1. The molecule has 1 aliphatic rings. The first-order valence-electron chi connectivity index (χ1n) is 4.91. The highest BCUT2D eigenvalue weighted by Gasteiger charge is 2.17. The lowest BCUT2D eigenvalue weighted by Crippen LogP contribution is -2.21. The summed E-state index contributed by atoms with van der Waals surface area (Å²) in [6.07, 6.45) is 4.12. The van der Waals surface area contributed by atoms with Crippen molar-refractivity contribution in [1.29, 1.82) is 0 Å². The molecule has 0 bridgehead atoms. The molecule has 1 aliphatic carbocycles. The third-order valence-corrected chi connectivity index (χ3v) is 2.87. The van der Waals surface area contributed by atoms with Crippen LogP contribution in [0.1, 0.15) is 24.8 Å². The Bertz CT molecular complexity index is 323. The standard InChI is InChI=1S/C11H14ClNO/c12-9-5-4-8(11(13)6-9)7-14-10-2-1-3-10/h4-6,10H,1-3,7,13H2. The second kappa shape index (κ2) is 4.20. The molecule has 0 amide bonds. The second-order valence-electron chi connectivity index (χ2n) is 3.71. The molecule has 2 nitrogen and oxygen atoms in total. The molecule has 1 aromatic carbocycles. The first-order chi connectivity index (χ1) is 6.75. The van der Waals surface area contributed by atoms with Crippen LogP contribution in [0.4, 0.5) is 5.69 Å². The van der Waals surface area contributed by atoms with E-state index in [2.05, 4.69) is 0 Å². The van der Waals surface area contributed by atoms with Crippen LogP contribution in [0.5, 0.6) is 0 Å². The van der Waals surface area contributed by atoms with Crippen LogP contribution < -0.4 is 5.73 Å². The third kappa shape index (κ3) is 2.20. The molecule has 0 unspecified atom stereocenters. The summed E-state index contributed by atoms with van der Waals surface area (Å²) in [5, 5.41) is 0.676. The fourth-order valence-corrected chi connectivity index (χ4v) is 1.62. The summed E-state index contributed by atoms with van der Waals surface area (Å²) < 4.78 is 5.66. The van der Waals surface area contributed by atoms with Crippen molar-refractivity contribution in [1.82, 2.24) is 0 Å². The number of benzene rings is 1. The Morgan fingerprint density at radius 1 is 1.43 bits per heavy atom. The van der Waals surface area contributed by atoms with E-state index in [1.807, 2.05) is 12.1 Å². The molecular weight excluding hydrogens is 198 g/mol. The molecule has 0 aromatic heterocycles. The highest BCUT2D eigenvalue weighted by atomic mass is 35.5. The number of hydrogen-bond acceptors (Lipinski definition) is 2.